The molecule has 1 aromatic rings. The fraction of sp³-hybridized carbons (Fsp3) is 0.571. The van der Waals surface area contributed by atoms with Crippen molar-refractivity contribution in [3.8, 4) is 5.75 Å². The van der Waals surface area contributed by atoms with E-state index < -0.39 is 6.10 Å². The minimum Gasteiger partial charge on any atom is -0.508 e. The second kappa shape index (κ2) is 5.87. The molecule has 4 rings (SSSR count). The van der Waals surface area contributed by atoms with Crippen molar-refractivity contribution in [3.63, 3.8) is 0 Å². The van der Waals surface area contributed by atoms with Crippen LogP contribution in [0.2, 0.25) is 0 Å². The van der Waals surface area contributed by atoms with Gasteiger partial charge in [0.25, 0.3) is 0 Å². The molecule has 1 fully saturated rings. The number of hydrogen-bond acceptors (Lipinski definition) is 4. The number of fused-ring (bicyclic) bond motifs is 5. The lowest BCUT2D eigenvalue weighted by atomic mass is 9.59. The van der Waals surface area contributed by atoms with Crippen LogP contribution in [0.15, 0.2) is 24.3 Å². The monoisotopic (exact) mass is 342 g/mol. The van der Waals surface area contributed by atoms with Crippen LogP contribution in [-0.2, 0) is 9.53 Å². The van der Waals surface area contributed by atoms with Crippen molar-refractivity contribution in [2.75, 3.05) is 0 Å². The van der Waals surface area contributed by atoms with Gasteiger partial charge in [0, 0.05) is 11.8 Å². The molecule has 134 valence electrons. The Kier molecular flexibility index (Phi) is 3.91. The first-order chi connectivity index (χ1) is 11.9. The van der Waals surface area contributed by atoms with Crippen molar-refractivity contribution in [2.24, 2.45) is 17.3 Å². The van der Waals surface area contributed by atoms with Gasteiger partial charge >= 0.3 is 5.97 Å². The number of aliphatic hydroxyl groups is 1. The molecule has 0 aromatic heterocycles. The van der Waals surface area contributed by atoms with Crippen LogP contribution in [0.25, 0.3) is 5.57 Å². The molecule has 5 atom stereocenters. The van der Waals surface area contributed by atoms with Crippen molar-refractivity contribution in [3.05, 3.63) is 35.4 Å². The minimum atomic E-state index is -0.552. The van der Waals surface area contributed by atoms with E-state index in [9.17, 15) is 15.0 Å². The van der Waals surface area contributed by atoms with Gasteiger partial charge < -0.3 is 14.9 Å². The van der Waals surface area contributed by atoms with Crippen LogP contribution < -0.4 is 0 Å². The third kappa shape index (κ3) is 2.50. The molecule has 0 bridgehead atoms. The predicted octanol–water partition coefficient (Wildman–Crippen LogP) is 3.97. The van der Waals surface area contributed by atoms with Crippen LogP contribution in [0, 0.1) is 17.3 Å². The summed E-state index contributed by atoms with van der Waals surface area (Å²) in [5, 5.41) is 20.4. The Hall–Kier alpha value is -1.81. The third-order valence-corrected chi connectivity index (χ3v) is 6.71. The van der Waals surface area contributed by atoms with Crippen molar-refractivity contribution >= 4 is 11.5 Å². The lowest BCUT2D eigenvalue weighted by Crippen LogP contribution is -2.42. The van der Waals surface area contributed by atoms with E-state index in [0.717, 1.165) is 30.4 Å². The number of ether oxygens (including phenoxy) is 1. The Labute approximate surface area is 148 Å². The summed E-state index contributed by atoms with van der Waals surface area (Å²) in [5.74, 6) is 0.783. The molecule has 4 heteroatoms. The van der Waals surface area contributed by atoms with Gasteiger partial charge in [0.1, 0.15) is 11.9 Å². The molecule has 25 heavy (non-hydrogen) atoms. The smallest absolute Gasteiger partial charge is 0.305 e. The molecular formula is C21H26O4. The largest absolute Gasteiger partial charge is 0.508 e. The van der Waals surface area contributed by atoms with Gasteiger partial charge in [-0.1, -0.05) is 26.0 Å². The standard InChI is InChI=1S/C21H26O4/c1-3-20(24)25-19-7-6-17-15-11-18(23)16-10-12(22)4-5-13(16)14(15)8-9-21(17,19)2/h4-5,8,10,15,17-19,22-23H,3,6-7,9,11H2,1-2H3/t15-,17+,18-,19+,21+/m1/s1. The van der Waals surface area contributed by atoms with Crippen LogP contribution in [0.5, 0.6) is 5.75 Å². The van der Waals surface area contributed by atoms with Crippen molar-refractivity contribution in [2.45, 2.75) is 58.2 Å². The zero-order valence-electron chi connectivity index (χ0n) is 14.9. The van der Waals surface area contributed by atoms with E-state index in [1.54, 1.807) is 12.1 Å². The maximum Gasteiger partial charge on any atom is 0.305 e. The van der Waals surface area contributed by atoms with E-state index in [4.69, 9.17) is 4.74 Å². The summed E-state index contributed by atoms with van der Waals surface area (Å²) in [6, 6.07) is 5.31. The zero-order valence-corrected chi connectivity index (χ0v) is 14.9. The van der Waals surface area contributed by atoms with Crippen LogP contribution in [0.3, 0.4) is 0 Å². The summed E-state index contributed by atoms with van der Waals surface area (Å²) in [6.45, 7) is 4.07. The summed E-state index contributed by atoms with van der Waals surface area (Å²) in [4.78, 5) is 11.8. The molecule has 0 amide bonds. The molecule has 0 heterocycles. The summed E-state index contributed by atoms with van der Waals surface area (Å²) >= 11 is 0. The second-order valence-electron chi connectivity index (χ2n) is 8.01. The van der Waals surface area contributed by atoms with Gasteiger partial charge in [-0.2, -0.15) is 0 Å². The topological polar surface area (TPSA) is 66.8 Å². The van der Waals surface area contributed by atoms with Gasteiger partial charge in [-0.15, -0.1) is 0 Å². The van der Waals surface area contributed by atoms with Crippen LogP contribution in [0.4, 0.5) is 0 Å². The fourth-order valence-corrected chi connectivity index (χ4v) is 5.36. The number of allylic oxidation sites excluding steroid dienone is 2. The molecule has 2 N–H and O–H groups in total. The molecule has 3 aliphatic carbocycles. The number of benzene rings is 1. The van der Waals surface area contributed by atoms with Gasteiger partial charge in [-0.05, 0) is 66.4 Å². The number of hydrogen-bond donors (Lipinski definition) is 2. The lowest BCUT2D eigenvalue weighted by Gasteiger charge is -2.47. The predicted molar refractivity (Wildman–Crippen MR) is 94.8 cm³/mol. The highest BCUT2D eigenvalue weighted by atomic mass is 16.5. The SMILES string of the molecule is CCC(=O)O[C@H]1CC[C@H]2[C@@H]3C[C@@H](O)c4cc(O)ccc4C3=CC[C@]12C. The summed E-state index contributed by atoms with van der Waals surface area (Å²) in [5.41, 5.74) is 3.15. The van der Waals surface area contributed by atoms with E-state index >= 15 is 0 Å². The molecule has 0 spiro atoms. The van der Waals surface area contributed by atoms with Gasteiger partial charge in [0.15, 0.2) is 0 Å². The number of carbonyl (C=O) groups excluding carboxylic acids is 1. The highest BCUT2D eigenvalue weighted by molar-refractivity contribution is 5.74. The van der Waals surface area contributed by atoms with Crippen molar-refractivity contribution in [1.29, 1.82) is 0 Å². The molecule has 0 unspecified atom stereocenters. The molecule has 0 saturated heterocycles. The van der Waals surface area contributed by atoms with Gasteiger partial charge in [-0.3, -0.25) is 4.79 Å². The van der Waals surface area contributed by atoms with E-state index in [1.165, 1.54) is 5.57 Å². The number of phenolic OH excluding ortho intramolecular Hbond substituents is 1. The van der Waals surface area contributed by atoms with E-state index in [1.807, 2.05) is 13.0 Å². The molecule has 4 nitrogen and oxygen atoms in total. The van der Waals surface area contributed by atoms with Crippen LogP contribution >= 0.6 is 0 Å². The first kappa shape index (κ1) is 16.6. The normalized spacial score (nSPS) is 36.0. The molecule has 3 aliphatic rings. The van der Waals surface area contributed by atoms with Crippen LogP contribution in [-0.4, -0.2) is 22.3 Å². The maximum absolute atomic E-state index is 11.8. The molecule has 0 radical (unpaired) electrons. The summed E-state index contributed by atoms with van der Waals surface area (Å²) in [7, 11) is 0. The lowest BCUT2D eigenvalue weighted by molar-refractivity contribution is -0.155. The molecule has 1 aromatic carbocycles. The van der Waals surface area contributed by atoms with E-state index in [0.29, 0.717) is 18.8 Å². The van der Waals surface area contributed by atoms with Gasteiger partial charge in [0.05, 0.1) is 6.10 Å². The fourth-order valence-electron chi connectivity index (χ4n) is 5.36. The van der Waals surface area contributed by atoms with Gasteiger partial charge in [0.2, 0.25) is 0 Å². The number of esters is 1. The Morgan fingerprint density at radius 2 is 2.16 bits per heavy atom. The van der Waals surface area contributed by atoms with Crippen molar-refractivity contribution < 1.29 is 19.7 Å². The maximum atomic E-state index is 11.8. The zero-order chi connectivity index (χ0) is 17.8. The first-order valence-corrected chi connectivity index (χ1v) is 9.35. The van der Waals surface area contributed by atoms with Crippen molar-refractivity contribution in [1.82, 2.24) is 0 Å². The Morgan fingerprint density at radius 1 is 1.36 bits per heavy atom. The highest BCUT2D eigenvalue weighted by Crippen LogP contribution is 2.60. The number of rotatable bonds is 2. The summed E-state index contributed by atoms with van der Waals surface area (Å²) < 4.78 is 5.76. The number of aromatic hydroxyl groups is 1. The number of aliphatic hydroxyl groups excluding tert-OH is 1. The number of carbonyl (C=O) groups is 1. The Bertz CT molecular complexity index is 737. The Morgan fingerprint density at radius 3 is 2.92 bits per heavy atom. The molecule has 0 aliphatic heterocycles. The quantitative estimate of drug-likeness (QED) is 0.798. The average Bonchev–Trinajstić information content (AvgIpc) is 2.92. The Balaban J connectivity index is 1.70. The second-order valence-corrected chi connectivity index (χ2v) is 8.01. The molecule has 1 saturated carbocycles. The van der Waals surface area contributed by atoms with E-state index in [2.05, 4.69) is 13.0 Å². The third-order valence-electron chi connectivity index (χ3n) is 6.71. The number of phenols is 1. The summed E-state index contributed by atoms with van der Waals surface area (Å²) in [6.07, 6.45) is 5.62. The van der Waals surface area contributed by atoms with Gasteiger partial charge in [-0.25, -0.2) is 0 Å². The minimum absolute atomic E-state index is 0.0268. The van der Waals surface area contributed by atoms with Crippen LogP contribution in [0.1, 0.15) is 63.2 Å². The highest BCUT2D eigenvalue weighted by Gasteiger charge is 2.54. The average molecular weight is 342 g/mol. The first-order valence-electron chi connectivity index (χ1n) is 9.35. The van der Waals surface area contributed by atoms with E-state index in [-0.39, 0.29) is 29.2 Å². The molecular weight excluding hydrogens is 316 g/mol.